The Kier molecular flexibility index (Phi) is 5.54. The topological polar surface area (TPSA) is 63.7 Å². The van der Waals surface area contributed by atoms with Crippen molar-refractivity contribution in [2.45, 2.75) is 18.0 Å². The molecule has 0 bridgehead atoms. The van der Waals surface area contributed by atoms with Crippen LogP contribution in [0, 0.1) is 17.0 Å². The van der Waals surface area contributed by atoms with Gasteiger partial charge in [-0.1, -0.05) is 66.7 Å². The Hall–Kier alpha value is -4.91. The van der Waals surface area contributed by atoms with Crippen molar-refractivity contribution >= 4 is 29.1 Å². The summed E-state index contributed by atoms with van der Waals surface area (Å²) >= 11 is 0. The maximum absolute atomic E-state index is 15.8. The molecule has 3 atom stereocenters. The molecular weight excluding hydrogens is 524 g/mol. The summed E-state index contributed by atoms with van der Waals surface area (Å²) in [5.74, 6) is -3.18. The number of anilines is 1. The van der Waals surface area contributed by atoms with E-state index in [2.05, 4.69) is 0 Å². The monoisotopic (exact) mass is 547 g/mol. The lowest BCUT2D eigenvalue weighted by molar-refractivity contribution is 0.0664. The van der Waals surface area contributed by atoms with Crippen LogP contribution < -0.4 is 9.64 Å². The second kappa shape index (κ2) is 9.06. The smallest absolute Gasteiger partial charge is 0.186 e. The fraction of sp³-hybridized carbons (Fsp3) is 0.147. The van der Waals surface area contributed by atoms with E-state index in [0.717, 1.165) is 0 Å². The molecule has 4 aromatic carbocycles. The second-order valence-electron chi connectivity index (χ2n) is 10.5. The van der Waals surface area contributed by atoms with E-state index in [-0.39, 0.29) is 22.3 Å². The van der Waals surface area contributed by atoms with Gasteiger partial charge in [0.05, 0.1) is 13.2 Å². The molecule has 7 heteroatoms. The predicted molar refractivity (Wildman–Crippen MR) is 149 cm³/mol. The molecule has 0 amide bonds. The first-order chi connectivity index (χ1) is 19.9. The summed E-state index contributed by atoms with van der Waals surface area (Å²) in [7, 11) is 1.49. The molecule has 5 nitrogen and oxygen atoms in total. The summed E-state index contributed by atoms with van der Waals surface area (Å²) in [5, 5.41) is 0. The molecule has 41 heavy (non-hydrogen) atoms. The molecule has 7 rings (SSSR count). The van der Waals surface area contributed by atoms with Gasteiger partial charge in [-0.25, -0.2) is 8.78 Å². The van der Waals surface area contributed by atoms with Gasteiger partial charge in [0.2, 0.25) is 0 Å². The van der Waals surface area contributed by atoms with Crippen LogP contribution in [0.5, 0.6) is 5.75 Å². The zero-order chi connectivity index (χ0) is 28.5. The summed E-state index contributed by atoms with van der Waals surface area (Å²) in [6.07, 6.45) is 3.35. The third-order valence-corrected chi connectivity index (χ3v) is 8.63. The minimum atomic E-state index is -1.84. The highest BCUT2D eigenvalue weighted by molar-refractivity contribution is 6.32. The third kappa shape index (κ3) is 3.35. The van der Waals surface area contributed by atoms with Crippen LogP contribution in [0.3, 0.4) is 0 Å². The van der Waals surface area contributed by atoms with Crippen molar-refractivity contribution in [1.82, 2.24) is 0 Å². The van der Waals surface area contributed by atoms with E-state index in [0.29, 0.717) is 17.0 Å². The number of halogens is 2. The number of ether oxygens (including phenoxy) is 1. The van der Waals surface area contributed by atoms with E-state index in [1.807, 2.05) is 0 Å². The minimum Gasteiger partial charge on any atom is -0.497 e. The zero-order valence-corrected chi connectivity index (χ0v) is 21.9. The van der Waals surface area contributed by atoms with Crippen LogP contribution in [0.15, 0.2) is 97.1 Å². The lowest BCUT2D eigenvalue weighted by atomic mass is 9.64. The highest BCUT2D eigenvalue weighted by Crippen LogP contribution is 2.61. The summed E-state index contributed by atoms with van der Waals surface area (Å²) in [6, 6.07) is 21.1. The molecule has 3 aliphatic rings. The predicted octanol–water partition coefficient (Wildman–Crippen LogP) is 6.29. The number of hydrogen-bond acceptors (Lipinski definition) is 5. The number of methoxy groups -OCH3 is 1. The number of hydrogen-bond donors (Lipinski definition) is 0. The Labute approximate surface area is 234 Å². The lowest BCUT2D eigenvalue weighted by Gasteiger charge is -2.37. The summed E-state index contributed by atoms with van der Waals surface area (Å²) < 4.78 is 35.5. The first-order valence-electron chi connectivity index (χ1n) is 13.3. The van der Waals surface area contributed by atoms with Crippen LogP contribution in [-0.4, -0.2) is 36.5 Å². The zero-order valence-electron chi connectivity index (χ0n) is 21.9. The number of carbonyl (C=O) groups is 3. The summed E-state index contributed by atoms with van der Waals surface area (Å²) in [6.45, 7) is 0. The number of nitrogens with zero attached hydrogens (tertiary/aromatic N) is 1. The van der Waals surface area contributed by atoms with Gasteiger partial charge in [-0.3, -0.25) is 14.4 Å². The molecule has 1 spiro atoms. The van der Waals surface area contributed by atoms with Crippen molar-refractivity contribution in [2.24, 2.45) is 5.41 Å². The number of carbonyl (C=O) groups excluding carboxylic acids is 3. The highest BCUT2D eigenvalue weighted by atomic mass is 19.1. The Morgan fingerprint density at radius 2 is 1.56 bits per heavy atom. The standard InChI is InChI=1S/C34H23F2NO4/c1-41-22-8-6-7-20(18-22)31(38)30-29(25-11-4-5-12-26(25)36)34(32(39)23-9-2-3-10-24(23)33(34)40)28-16-13-19-17-21(35)14-15-27(19)37(28)30/h2-18,28-30H,1H3/t28-,29-,30+/m0/s1. The van der Waals surface area contributed by atoms with Gasteiger partial charge in [-0.2, -0.15) is 0 Å². The van der Waals surface area contributed by atoms with Gasteiger partial charge in [0.1, 0.15) is 28.8 Å². The Morgan fingerprint density at radius 3 is 2.27 bits per heavy atom. The molecule has 202 valence electrons. The van der Waals surface area contributed by atoms with Crippen LogP contribution in [0.25, 0.3) is 6.08 Å². The molecule has 0 radical (unpaired) electrons. The van der Waals surface area contributed by atoms with Crippen LogP contribution in [0.4, 0.5) is 14.5 Å². The van der Waals surface area contributed by atoms with E-state index in [1.165, 1.54) is 37.4 Å². The number of fused-ring (bicyclic) bond motifs is 5. The van der Waals surface area contributed by atoms with E-state index in [1.54, 1.807) is 77.7 Å². The fourth-order valence-electron chi connectivity index (χ4n) is 6.97. The highest BCUT2D eigenvalue weighted by Gasteiger charge is 2.71. The van der Waals surface area contributed by atoms with Crippen LogP contribution in [0.2, 0.25) is 0 Å². The van der Waals surface area contributed by atoms with Crippen molar-refractivity contribution in [3.8, 4) is 5.75 Å². The maximum atomic E-state index is 15.8. The second-order valence-corrected chi connectivity index (χ2v) is 10.5. The first-order valence-corrected chi connectivity index (χ1v) is 13.3. The molecule has 0 unspecified atom stereocenters. The van der Waals surface area contributed by atoms with Gasteiger partial charge in [0.15, 0.2) is 17.3 Å². The van der Waals surface area contributed by atoms with Gasteiger partial charge in [0, 0.05) is 33.9 Å². The first kappa shape index (κ1) is 25.1. The third-order valence-electron chi connectivity index (χ3n) is 8.63. The van der Waals surface area contributed by atoms with Crippen LogP contribution in [0.1, 0.15) is 48.1 Å². The van der Waals surface area contributed by atoms with E-state index < -0.39 is 52.4 Å². The summed E-state index contributed by atoms with van der Waals surface area (Å²) in [5.41, 5.74) is -0.0134. The lowest BCUT2D eigenvalue weighted by Crippen LogP contribution is -2.48. The molecule has 0 aromatic heterocycles. The summed E-state index contributed by atoms with van der Waals surface area (Å²) in [4.78, 5) is 45.5. The van der Waals surface area contributed by atoms with E-state index in [4.69, 9.17) is 4.74 Å². The van der Waals surface area contributed by atoms with E-state index in [9.17, 15) is 18.8 Å². The Bertz CT molecular complexity index is 1780. The quantitative estimate of drug-likeness (QED) is 0.222. The molecule has 1 saturated heterocycles. The Morgan fingerprint density at radius 1 is 0.854 bits per heavy atom. The largest absolute Gasteiger partial charge is 0.497 e. The maximum Gasteiger partial charge on any atom is 0.186 e. The fourth-order valence-corrected chi connectivity index (χ4v) is 6.97. The Balaban J connectivity index is 1.56. The van der Waals surface area contributed by atoms with Gasteiger partial charge in [-0.15, -0.1) is 0 Å². The SMILES string of the molecule is COc1cccc(C(=O)[C@H]2[C@H](c3ccccc3F)C3(C(=O)c4ccccc4C3=O)[C@@H]3C=Cc4cc(F)ccc4N32)c1. The molecular formula is C34H23F2NO4. The molecule has 1 fully saturated rings. The molecule has 1 aliphatic carbocycles. The van der Waals surface area contributed by atoms with E-state index >= 15 is 4.39 Å². The van der Waals surface area contributed by atoms with Crippen LogP contribution >= 0.6 is 0 Å². The van der Waals surface area contributed by atoms with Crippen molar-refractivity contribution in [1.29, 1.82) is 0 Å². The van der Waals surface area contributed by atoms with Crippen molar-refractivity contribution in [3.05, 3.63) is 137 Å². The minimum absolute atomic E-state index is 0.0923. The van der Waals surface area contributed by atoms with Gasteiger partial charge >= 0.3 is 0 Å². The van der Waals surface area contributed by atoms with Crippen LogP contribution in [-0.2, 0) is 0 Å². The number of Topliss-reactive ketones (excluding diaryl/α,β-unsaturated/α-hetero) is 3. The average molecular weight is 548 g/mol. The van der Waals surface area contributed by atoms with Crippen molar-refractivity contribution < 1.29 is 27.9 Å². The average Bonchev–Trinajstić information content (AvgIpc) is 3.43. The van der Waals surface area contributed by atoms with Gasteiger partial charge in [0.25, 0.3) is 0 Å². The number of rotatable bonds is 4. The van der Waals surface area contributed by atoms with Crippen molar-refractivity contribution in [3.63, 3.8) is 0 Å². The van der Waals surface area contributed by atoms with Gasteiger partial charge < -0.3 is 9.64 Å². The van der Waals surface area contributed by atoms with Gasteiger partial charge in [-0.05, 0) is 42.0 Å². The molecule has 0 N–H and O–H groups in total. The molecule has 0 saturated carbocycles. The normalized spacial score (nSPS) is 21.5. The molecule has 4 aromatic rings. The number of ketones is 3. The number of benzene rings is 4. The van der Waals surface area contributed by atoms with Crippen molar-refractivity contribution in [2.75, 3.05) is 12.0 Å². The molecule has 2 aliphatic heterocycles. The molecule has 2 heterocycles.